The topological polar surface area (TPSA) is 49.6 Å². The van der Waals surface area contributed by atoms with Crippen molar-refractivity contribution in [2.24, 2.45) is 0 Å². The molecule has 2 aromatic rings. The number of hydrogen-bond acceptors (Lipinski definition) is 4. The monoisotopic (exact) mass is 329 g/mol. The highest BCUT2D eigenvalue weighted by Gasteiger charge is 2.24. The Hall–Kier alpha value is -2.47. The number of hydrogen-bond donors (Lipinski definition) is 0. The summed E-state index contributed by atoms with van der Waals surface area (Å²) in [4.78, 5) is 14.9. The van der Waals surface area contributed by atoms with Crippen LogP contribution in [0.15, 0.2) is 48.5 Å². The highest BCUT2D eigenvalue weighted by molar-refractivity contribution is 5.53. The minimum atomic E-state index is -0.375. The van der Waals surface area contributed by atoms with Gasteiger partial charge in [-0.15, -0.1) is 0 Å². The van der Waals surface area contributed by atoms with Gasteiger partial charge in [0.1, 0.15) is 5.82 Å². The molecule has 0 aliphatic carbocycles. The van der Waals surface area contributed by atoms with Crippen molar-refractivity contribution in [3.05, 3.63) is 70.0 Å². The van der Waals surface area contributed by atoms with Crippen LogP contribution in [0.2, 0.25) is 0 Å². The third kappa shape index (κ3) is 3.38. The molecule has 2 aromatic carbocycles. The van der Waals surface area contributed by atoms with Crippen molar-refractivity contribution >= 4 is 11.4 Å². The Morgan fingerprint density at radius 3 is 2.46 bits per heavy atom. The molecule has 5 nitrogen and oxygen atoms in total. The van der Waals surface area contributed by atoms with E-state index in [1.165, 1.54) is 12.1 Å². The number of non-ortho nitro benzene ring substituents is 1. The molecule has 0 amide bonds. The minimum absolute atomic E-state index is 0.0125. The van der Waals surface area contributed by atoms with Gasteiger partial charge in [-0.2, -0.15) is 0 Å². The second-order valence-electron chi connectivity index (χ2n) is 6.00. The van der Waals surface area contributed by atoms with Crippen LogP contribution in [0.1, 0.15) is 18.5 Å². The van der Waals surface area contributed by atoms with Gasteiger partial charge < -0.3 is 4.90 Å². The summed E-state index contributed by atoms with van der Waals surface area (Å²) in [7, 11) is 0. The van der Waals surface area contributed by atoms with E-state index < -0.39 is 0 Å². The molecular formula is C18H20FN3O2. The van der Waals surface area contributed by atoms with Gasteiger partial charge in [-0.3, -0.25) is 15.0 Å². The number of nitro benzene ring substituents is 1. The summed E-state index contributed by atoms with van der Waals surface area (Å²) in [6.45, 7) is 5.12. The smallest absolute Gasteiger partial charge is 0.271 e. The van der Waals surface area contributed by atoms with E-state index in [2.05, 4.69) is 9.80 Å². The highest BCUT2D eigenvalue weighted by atomic mass is 19.1. The normalized spacial score (nSPS) is 16.8. The molecule has 0 N–H and O–H groups in total. The molecule has 1 fully saturated rings. The summed E-state index contributed by atoms with van der Waals surface area (Å²) < 4.78 is 14.0. The fraction of sp³-hybridized carbons (Fsp3) is 0.333. The lowest BCUT2D eigenvalue weighted by Gasteiger charge is -2.39. The van der Waals surface area contributed by atoms with Gasteiger partial charge in [0.15, 0.2) is 0 Å². The van der Waals surface area contributed by atoms with E-state index in [9.17, 15) is 14.5 Å². The molecule has 1 aliphatic rings. The molecule has 1 heterocycles. The summed E-state index contributed by atoms with van der Waals surface area (Å²) >= 11 is 0. The number of rotatable bonds is 4. The lowest BCUT2D eigenvalue weighted by atomic mass is 10.1. The van der Waals surface area contributed by atoms with Crippen molar-refractivity contribution in [3.8, 4) is 0 Å². The van der Waals surface area contributed by atoms with Crippen LogP contribution in [0.4, 0.5) is 15.8 Å². The van der Waals surface area contributed by atoms with Gasteiger partial charge in [-0.05, 0) is 19.1 Å². The molecule has 1 unspecified atom stereocenters. The predicted octanol–water partition coefficient (Wildman–Crippen LogP) is 3.62. The van der Waals surface area contributed by atoms with E-state index in [1.54, 1.807) is 18.2 Å². The van der Waals surface area contributed by atoms with Crippen LogP contribution < -0.4 is 4.90 Å². The Kier molecular flexibility index (Phi) is 4.76. The predicted molar refractivity (Wildman–Crippen MR) is 91.7 cm³/mol. The van der Waals surface area contributed by atoms with Gasteiger partial charge in [-0.1, -0.05) is 24.3 Å². The summed E-state index contributed by atoms with van der Waals surface area (Å²) in [5.41, 5.74) is 1.68. The first-order chi connectivity index (χ1) is 11.6. The number of anilines is 1. The quantitative estimate of drug-likeness (QED) is 0.635. The van der Waals surface area contributed by atoms with Crippen LogP contribution in [0.25, 0.3) is 0 Å². The van der Waals surface area contributed by atoms with Gasteiger partial charge in [-0.25, -0.2) is 4.39 Å². The van der Waals surface area contributed by atoms with E-state index in [4.69, 9.17) is 0 Å². The Balaban J connectivity index is 1.67. The number of nitro groups is 1. The zero-order chi connectivity index (χ0) is 17.1. The molecule has 0 spiro atoms. The molecule has 1 aliphatic heterocycles. The minimum Gasteiger partial charge on any atom is -0.369 e. The molecule has 1 atom stereocenters. The lowest BCUT2D eigenvalue weighted by molar-refractivity contribution is -0.384. The Labute approximate surface area is 140 Å². The Morgan fingerprint density at radius 1 is 1.08 bits per heavy atom. The van der Waals surface area contributed by atoms with E-state index in [0.29, 0.717) is 5.56 Å². The maximum absolute atomic E-state index is 14.0. The molecule has 3 rings (SSSR count). The van der Waals surface area contributed by atoms with Crippen LogP contribution in [0, 0.1) is 15.9 Å². The standard InChI is InChI=1S/C18H20FN3O2/c1-14(17-7-2-3-8-18(17)19)20-9-11-21(12-10-20)15-5-4-6-16(13-15)22(23)24/h2-8,13-14H,9-12H2,1H3. The maximum Gasteiger partial charge on any atom is 0.271 e. The Bertz CT molecular complexity index is 730. The molecule has 1 saturated heterocycles. The summed E-state index contributed by atoms with van der Waals surface area (Å²) in [5, 5.41) is 10.9. The van der Waals surface area contributed by atoms with E-state index in [1.807, 2.05) is 25.1 Å². The van der Waals surface area contributed by atoms with Crippen LogP contribution in [-0.4, -0.2) is 36.0 Å². The molecule has 0 aromatic heterocycles. The van der Waals surface area contributed by atoms with Crippen molar-refractivity contribution in [2.75, 3.05) is 31.1 Å². The molecular weight excluding hydrogens is 309 g/mol. The van der Waals surface area contributed by atoms with E-state index >= 15 is 0 Å². The van der Waals surface area contributed by atoms with Crippen LogP contribution in [0.5, 0.6) is 0 Å². The van der Waals surface area contributed by atoms with Crippen molar-refractivity contribution in [2.45, 2.75) is 13.0 Å². The number of piperazine rings is 1. The van der Waals surface area contributed by atoms with Crippen LogP contribution in [0.3, 0.4) is 0 Å². The van der Waals surface area contributed by atoms with Gasteiger partial charge >= 0.3 is 0 Å². The van der Waals surface area contributed by atoms with Crippen molar-refractivity contribution in [1.29, 1.82) is 0 Å². The van der Waals surface area contributed by atoms with Crippen LogP contribution >= 0.6 is 0 Å². The van der Waals surface area contributed by atoms with Gasteiger partial charge in [0.2, 0.25) is 0 Å². The van der Waals surface area contributed by atoms with E-state index in [-0.39, 0.29) is 22.5 Å². The van der Waals surface area contributed by atoms with E-state index in [0.717, 1.165) is 31.9 Å². The summed E-state index contributed by atoms with van der Waals surface area (Å²) in [6, 6.07) is 13.6. The highest BCUT2D eigenvalue weighted by Crippen LogP contribution is 2.26. The van der Waals surface area contributed by atoms with Crippen LogP contribution in [-0.2, 0) is 0 Å². The third-order valence-electron chi connectivity index (χ3n) is 4.62. The lowest BCUT2D eigenvalue weighted by Crippen LogP contribution is -2.47. The fourth-order valence-corrected chi connectivity index (χ4v) is 3.18. The summed E-state index contributed by atoms with van der Waals surface area (Å²) in [6.07, 6.45) is 0. The summed E-state index contributed by atoms with van der Waals surface area (Å²) in [5.74, 6) is -0.175. The number of benzene rings is 2. The number of nitrogens with zero attached hydrogens (tertiary/aromatic N) is 3. The average Bonchev–Trinajstić information content (AvgIpc) is 2.62. The molecule has 6 heteroatoms. The number of halogens is 1. The molecule has 126 valence electrons. The molecule has 0 radical (unpaired) electrons. The Morgan fingerprint density at radius 2 is 1.79 bits per heavy atom. The first-order valence-corrected chi connectivity index (χ1v) is 8.04. The van der Waals surface area contributed by atoms with Gasteiger partial charge in [0.25, 0.3) is 5.69 Å². The van der Waals surface area contributed by atoms with Crippen molar-refractivity contribution < 1.29 is 9.31 Å². The first kappa shape index (κ1) is 16.4. The second kappa shape index (κ2) is 6.97. The van der Waals surface area contributed by atoms with Gasteiger partial charge in [0.05, 0.1) is 4.92 Å². The molecule has 0 bridgehead atoms. The van der Waals surface area contributed by atoms with Gasteiger partial charge in [0, 0.05) is 55.6 Å². The fourth-order valence-electron chi connectivity index (χ4n) is 3.18. The zero-order valence-corrected chi connectivity index (χ0v) is 13.6. The zero-order valence-electron chi connectivity index (χ0n) is 13.6. The molecule has 0 saturated carbocycles. The average molecular weight is 329 g/mol. The van der Waals surface area contributed by atoms with Crippen molar-refractivity contribution in [1.82, 2.24) is 4.90 Å². The van der Waals surface area contributed by atoms with Crippen molar-refractivity contribution in [3.63, 3.8) is 0 Å². The molecule has 24 heavy (non-hydrogen) atoms. The third-order valence-corrected chi connectivity index (χ3v) is 4.62. The first-order valence-electron chi connectivity index (χ1n) is 8.04. The SMILES string of the molecule is CC(c1ccccc1F)N1CCN(c2cccc([N+](=O)[O-])c2)CC1. The second-order valence-corrected chi connectivity index (χ2v) is 6.00. The largest absolute Gasteiger partial charge is 0.369 e. The maximum atomic E-state index is 14.0.